The molecular formula is C25H30N2O5. The molecule has 2 aromatic rings. The van der Waals surface area contributed by atoms with Crippen LogP contribution in [0.3, 0.4) is 0 Å². The number of carboxylic acids is 1. The summed E-state index contributed by atoms with van der Waals surface area (Å²) in [4.78, 5) is 34.5. The van der Waals surface area contributed by atoms with Crippen LogP contribution >= 0.6 is 0 Å². The number of carbonyl (C=O) groups excluding carboxylic acids is 2. The Balaban J connectivity index is 1.33. The number of unbranched alkanes of at least 4 members (excludes halogenated alkanes) is 2. The number of carbonyl (C=O) groups is 3. The first-order valence-electron chi connectivity index (χ1n) is 11.1. The van der Waals surface area contributed by atoms with Gasteiger partial charge < -0.3 is 20.5 Å². The monoisotopic (exact) mass is 438 g/mol. The van der Waals surface area contributed by atoms with E-state index >= 15 is 0 Å². The zero-order valence-corrected chi connectivity index (χ0v) is 18.3. The second-order valence-corrected chi connectivity index (χ2v) is 8.13. The van der Waals surface area contributed by atoms with E-state index in [2.05, 4.69) is 34.9 Å². The second-order valence-electron chi connectivity index (χ2n) is 8.13. The number of fused-ring (bicyclic) bond motifs is 3. The molecule has 0 saturated heterocycles. The molecule has 32 heavy (non-hydrogen) atoms. The molecule has 2 amide bonds. The van der Waals surface area contributed by atoms with Crippen LogP contribution in [0.2, 0.25) is 0 Å². The summed E-state index contributed by atoms with van der Waals surface area (Å²) in [6.07, 6.45) is 2.02. The Labute approximate surface area is 188 Å². The van der Waals surface area contributed by atoms with Crippen LogP contribution in [0.25, 0.3) is 11.1 Å². The molecule has 0 unspecified atom stereocenters. The van der Waals surface area contributed by atoms with Crippen LogP contribution in [-0.4, -0.2) is 42.3 Å². The minimum absolute atomic E-state index is 0.0372. The van der Waals surface area contributed by atoms with Gasteiger partial charge >= 0.3 is 12.1 Å². The largest absolute Gasteiger partial charge is 0.481 e. The first-order chi connectivity index (χ1) is 15.5. The zero-order valence-electron chi connectivity index (χ0n) is 18.3. The van der Waals surface area contributed by atoms with Crippen molar-refractivity contribution in [2.75, 3.05) is 13.2 Å². The quantitative estimate of drug-likeness (QED) is 0.459. The van der Waals surface area contributed by atoms with E-state index in [9.17, 15) is 14.4 Å². The molecule has 0 saturated carbocycles. The Bertz CT molecular complexity index is 913. The molecule has 1 atom stereocenters. The lowest BCUT2D eigenvalue weighted by Crippen LogP contribution is -2.34. The van der Waals surface area contributed by atoms with E-state index in [0.717, 1.165) is 12.8 Å². The molecule has 1 aliphatic rings. The molecule has 0 spiro atoms. The number of nitrogens with one attached hydrogen (secondary N) is 2. The molecule has 3 rings (SSSR count). The lowest BCUT2D eigenvalue weighted by Gasteiger charge is -2.14. The van der Waals surface area contributed by atoms with Crippen LogP contribution in [0, 0.1) is 0 Å². The van der Waals surface area contributed by atoms with Gasteiger partial charge in [-0.15, -0.1) is 0 Å². The van der Waals surface area contributed by atoms with E-state index in [1.807, 2.05) is 24.3 Å². The lowest BCUT2D eigenvalue weighted by molar-refractivity contribution is -0.137. The van der Waals surface area contributed by atoms with Crippen LogP contribution < -0.4 is 10.6 Å². The van der Waals surface area contributed by atoms with Gasteiger partial charge in [0.05, 0.1) is 6.42 Å². The molecule has 0 heterocycles. The maximum atomic E-state index is 12.1. The van der Waals surface area contributed by atoms with E-state index in [1.54, 1.807) is 6.92 Å². The highest BCUT2D eigenvalue weighted by Gasteiger charge is 2.28. The van der Waals surface area contributed by atoms with Gasteiger partial charge in [0.15, 0.2) is 0 Å². The number of carboxylic acid groups (broad SMARTS) is 1. The molecule has 7 nitrogen and oxygen atoms in total. The summed E-state index contributed by atoms with van der Waals surface area (Å²) >= 11 is 0. The van der Waals surface area contributed by atoms with Gasteiger partial charge in [-0.1, -0.05) is 55.0 Å². The van der Waals surface area contributed by atoms with Crippen LogP contribution in [0.15, 0.2) is 48.5 Å². The minimum Gasteiger partial charge on any atom is -0.481 e. The minimum atomic E-state index is -0.933. The summed E-state index contributed by atoms with van der Waals surface area (Å²) < 4.78 is 5.50. The summed E-state index contributed by atoms with van der Waals surface area (Å²) in [6.45, 7) is 2.44. The number of hydrogen-bond donors (Lipinski definition) is 3. The molecule has 0 radical (unpaired) electrons. The number of ether oxygens (including phenoxy) is 1. The standard InChI is InChI=1S/C25H30N2O5/c1-17(15-24(29)30)27-23(28)13-3-2-8-14-26-25(31)32-16-22-20-11-6-4-9-18(20)19-10-5-7-12-21(19)22/h4-7,9-12,17,22H,2-3,8,13-16H2,1H3,(H,26,31)(H,27,28)(H,29,30)/t17-/m1/s1. The number of rotatable bonds is 11. The van der Waals surface area contributed by atoms with Gasteiger partial charge in [-0.25, -0.2) is 4.79 Å². The number of benzene rings is 2. The van der Waals surface area contributed by atoms with Gasteiger partial charge in [-0.2, -0.15) is 0 Å². The maximum absolute atomic E-state index is 12.1. The first-order valence-corrected chi connectivity index (χ1v) is 11.1. The van der Waals surface area contributed by atoms with Crippen LogP contribution in [0.4, 0.5) is 4.79 Å². The van der Waals surface area contributed by atoms with Crippen molar-refractivity contribution in [1.82, 2.24) is 10.6 Å². The van der Waals surface area contributed by atoms with Crippen molar-refractivity contribution in [3.05, 3.63) is 59.7 Å². The van der Waals surface area contributed by atoms with E-state index < -0.39 is 12.1 Å². The predicted molar refractivity (Wildman–Crippen MR) is 121 cm³/mol. The van der Waals surface area contributed by atoms with E-state index in [1.165, 1.54) is 22.3 Å². The highest BCUT2D eigenvalue weighted by Crippen LogP contribution is 2.44. The average molecular weight is 439 g/mol. The molecule has 3 N–H and O–H groups in total. The second kappa shape index (κ2) is 11.3. The normalized spacial score (nSPS) is 13.0. The Morgan fingerprint density at radius 3 is 2.22 bits per heavy atom. The summed E-state index contributed by atoms with van der Waals surface area (Å²) in [7, 11) is 0. The fourth-order valence-electron chi connectivity index (χ4n) is 4.09. The van der Waals surface area contributed by atoms with E-state index in [4.69, 9.17) is 9.84 Å². The smallest absolute Gasteiger partial charge is 0.407 e. The van der Waals surface area contributed by atoms with Crippen molar-refractivity contribution in [2.24, 2.45) is 0 Å². The molecule has 7 heteroatoms. The Morgan fingerprint density at radius 1 is 0.969 bits per heavy atom. The molecule has 170 valence electrons. The predicted octanol–water partition coefficient (Wildman–Crippen LogP) is 4.06. The molecule has 0 fully saturated rings. The first kappa shape index (κ1) is 23.3. The van der Waals surface area contributed by atoms with Crippen molar-refractivity contribution in [2.45, 2.75) is 51.0 Å². The van der Waals surface area contributed by atoms with Gasteiger partial charge in [-0.3, -0.25) is 9.59 Å². The average Bonchev–Trinajstić information content (AvgIpc) is 3.08. The third kappa shape index (κ3) is 6.33. The van der Waals surface area contributed by atoms with Gasteiger partial charge in [0.25, 0.3) is 0 Å². The lowest BCUT2D eigenvalue weighted by atomic mass is 9.98. The molecule has 0 aliphatic heterocycles. The van der Waals surface area contributed by atoms with E-state index in [0.29, 0.717) is 19.4 Å². The number of amides is 2. The SMILES string of the molecule is C[C@H](CC(=O)O)NC(=O)CCCCCNC(=O)OCC1c2ccccc2-c2ccccc21. The zero-order chi connectivity index (χ0) is 22.9. The van der Waals surface area contributed by atoms with Crippen molar-refractivity contribution < 1.29 is 24.2 Å². The number of aliphatic carboxylic acids is 1. The third-order valence-corrected chi connectivity index (χ3v) is 5.58. The summed E-state index contributed by atoms with van der Waals surface area (Å²) in [6, 6.07) is 16.0. The van der Waals surface area contributed by atoms with Gasteiger partial charge in [0.1, 0.15) is 6.61 Å². The molecule has 2 aromatic carbocycles. The van der Waals surface area contributed by atoms with Gasteiger partial charge in [-0.05, 0) is 42.0 Å². The molecule has 1 aliphatic carbocycles. The maximum Gasteiger partial charge on any atom is 0.407 e. The Hall–Kier alpha value is -3.35. The molecular weight excluding hydrogens is 408 g/mol. The van der Waals surface area contributed by atoms with Crippen molar-refractivity contribution in [1.29, 1.82) is 0 Å². The van der Waals surface area contributed by atoms with Gasteiger partial charge in [0.2, 0.25) is 5.91 Å². The van der Waals surface area contributed by atoms with E-state index in [-0.39, 0.29) is 30.9 Å². The van der Waals surface area contributed by atoms with Crippen molar-refractivity contribution in [3.8, 4) is 11.1 Å². The van der Waals surface area contributed by atoms with Gasteiger partial charge in [0, 0.05) is 24.9 Å². The molecule has 0 bridgehead atoms. The summed E-state index contributed by atoms with van der Waals surface area (Å²) in [5.41, 5.74) is 4.74. The Kier molecular flexibility index (Phi) is 8.25. The van der Waals surface area contributed by atoms with Crippen LogP contribution in [0.1, 0.15) is 56.1 Å². The van der Waals surface area contributed by atoms with Crippen LogP contribution in [-0.2, 0) is 14.3 Å². The van der Waals surface area contributed by atoms with Crippen molar-refractivity contribution >= 4 is 18.0 Å². The highest BCUT2D eigenvalue weighted by atomic mass is 16.5. The number of alkyl carbamates (subject to hydrolysis) is 1. The fourth-order valence-corrected chi connectivity index (χ4v) is 4.09. The highest BCUT2D eigenvalue weighted by molar-refractivity contribution is 5.79. The molecule has 0 aromatic heterocycles. The Morgan fingerprint density at radius 2 is 1.59 bits per heavy atom. The summed E-state index contributed by atoms with van der Waals surface area (Å²) in [5.74, 6) is -1.05. The van der Waals surface area contributed by atoms with Crippen molar-refractivity contribution in [3.63, 3.8) is 0 Å². The summed E-state index contributed by atoms with van der Waals surface area (Å²) in [5, 5.41) is 14.1. The topological polar surface area (TPSA) is 105 Å². The third-order valence-electron chi connectivity index (χ3n) is 5.58. The van der Waals surface area contributed by atoms with Crippen LogP contribution in [0.5, 0.6) is 0 Å². The number of hydrogen-bond acceptors (Lipinski definition) is 4. The fraction of sp³-hybridized carbons (Fsp3) is 0.400.